The number of fused-ring (bicyclic) bond motifs is 2. The number of aliphatic hydroxyl groups is 1. The molecule has 4 atom stereocenters. The molecule has 0 amide bonds. The monoisotopic (exact) mass is 228 g/mol. The zero-order valence-electron chi connectivity index (χ0n) is 9.62. The lowest BCUT2D eigenvalue weighted by molar-refractivity contribution is -0.123. The van der Waals surface area contributed by atoms with Crippen molar-refractivity contribution >= 4 is 5.78 Å². The van der Waals surface area contributed by atoms with Crippen LogP contribution in [0.1, 0.15) is 17.9 Å². The summed E-state index contributed by atoms with van der Waals surface area (Å²) >= 11 is 0. The molecule has 2 nitrogen and oxygen atoms in total. The Hall–Kier alpha value is -1.41. The normalized spacial score (nSPS) is 35.2. The van der Waals surface area contributed by atoms with Crippen molar-refractivity contribution in [1.29, 1.82) is 0 Å². The molecule has 3 rings (SSSR count). The Labute approximate surface area is 101 Å². The summed E-state index contributed by atoms with van der Waals surface area (Å²) in [6.07, 6.45) is 4.98. The highest BCUT2D eigenvalue weighted by Gasteiger charge is 2.46. The Bertz CT molecular complexity index is 449. The van der Waals surface area contributed by atoms with Crippen LogP contribution in [0.15, 0.2) is 42.5 Å². The average Bonchev–Trinajstić information content (AvgIpc) is 2.59. The summed E-state index contributed by atoms with van der Waals surface area (Å²) in [4.78, 5) is 12.2. The number of aliphatic hydroxyl groups excluding tert-OH is 1. The van der Waals surface area contributed by atoms with Crippen LogP contribution >= 0.6 is 0 Å². The molecule has 2 bridgehead atoms. The molecule has 1 N–H and O–H groups in total. The molecule has 0 heterocycles. The molecule has 2 heteroatoms. The number of ketones is 1. The number of carbonyl (C=O) groups excluding carboxylic acids is 1. The predicted molar refractivity (Wildman–Crippen MR) is 65.5 cm³/mol. The SMILES string of the molecule is O=C1[C@@H]2C=CC(c3ccccc3)[C@H]1CC2CO. The van der Waals surface area contributed by atoms with E-state index in [2.05, 4.69) is 18.2 Å². The molecule has 0 saturated heterocycles. The fourth-order valence-corrected chi connectivity index (χ4v) is 3.22. The number of Topliss-reactive ketones (excluding diaryl/α,β-unsaturated/α-hetero) is 1. The zero-order valence-corrected chi connectivity index (χ0v) is 9.62. The smallest absolute Gasteiger partial charge is 0.144 e. The topological polar surface area (TPSA) is 37.3 Å². The summed E-state index contributed by atoms with van der Waals surface area (Å²) in [6, 6.07) is 10.2. The minimum absolute atomic E-state index is 0.0371. The van der Waals surface area contributed by atoms with E-state index < -0.39 is 0 Å². The number of hydrogen-bond donors (Lipinski definition) is 1. The van der Waals surface area contributed by atoms with Crippen molar-refractivity contribution in [3.8, 4) is 0 Å². The molecule has 2 aliphatic carbocycles. The van der Waals surface area contributed by atoms with E-state index in [0.717, 1.165) is 6.42 Å². The van der Waals surface area contributed by atoms with Gasteiger partial charge in [0.1, 0.15) is 5.78 Å². The maximum absolute atomic E-state index is 12.2. The maximum Gasteiger partial charge on any atom is 0.144 e. The predicted octanol–water partition coefficient (Wildman–Crippen LogP) is 2.15. The van der Waals surface area contributed by atoms with E-state index in [1.54, 1.807) is 0 Å². The number of hydrogen-bond acceptors (Lipinski definition) is 2. The highest BCUT2D eigenvalue weighted by Crippen LogP contribution is 2.46. The lowest BCUT2D eigenvalue weighted by Crippen LogP contribution is -2.24. The standard InChI is InChI=1S/C15H16O2/c16-9-11-8-14-12(6-7-13(11)15(14)17)10-4-2-1-3-5-10/h1-7,11-14,16H,8-9H2/t11?,12?,13-,14-/m1/s1. The van der Waals surface area contributed by atoms with Crippen molar-refractivity contribution < 1.29 is 9.90 Å². The van der Waals surface area contributed by atoms with Gasteiger partial charge in [0.25, 0.3) is 0 Å². The second kappa shape index (κ2) is 4.11. The Kier molecular flexibility index (Phi) is 2.60. The highest BCUT2D eigenvalue weighted by atomic mass is 16.3. The van der Waals surface area contributed by atoms with Gasteiger partial charge in [0.15, 0.2) is 0 Å². The first kappa shape index (κ1) is 10.7. The van der Waals surface area contributed by atoms with Gasteiger partial charge in [0, 0.05) is 24.4 Å². The van der Waals surface area contributed by atoms with Crippen molar-refractivity contribution in [3.05, 3.63) is 48.0 Å². The molecule has 0 aromatic heterocycles. The van der Waals surface area contributed by atoms with Gasteiger partial charge in [-0.15, -0.1) is 0 Å². The van der Waals surface area contributed by atoms with Crippen molar-refractivity contribution in [2.75, 3.05) is 6.61 Å². The van der Waals surface area contributed by atoms with Gasteiger partial charge in [0.2, 0.25) is 0 Å². The number of benzene rings is 1. The van der Waals surface area contributed by atoms with Crippen LogP contribution in [0, 0.1) is 17.8 Å². The number of allylic oxidation sites excluding steroid dienone is 2. The van der Waals surface area contributed by atoms with Crippen LogP contribution in [0.4, 0.5) is 0 Å². The largest absolute Gasteiger partial charge is 0.396 e. The summed E-state index contributed by atoms with van der Waals surface area (Å²) in [6.45, 7) is 0.124. The Morgan fingerprint density at radius 2 is 1.82 bits per heavy atom. The van der Waals surface area contributed by atoms with Crippen LogP contribution in [-0.2, 0) is 4.79 Å². The summed E-state index contributed by atoms with van der Waals surface area (Å²) < 4.78 is 0. The molecule has 0 spiro atoms. The molecule has 88 valence electrons. The summed E-state index contributed by atoms with van der Waals surface area (Å²) in [7, 11) is 0. The molecule has 0 radical (unpaired) electrons. The third-order valence-electron chi connectivity index (χ3n) is 4.14. The highest BCUT2D eigenvalue weighted by molar-refractivity contribution is 5.90. The van der Waals surface area contributed by atoms with Crippen LogP contribution in [0.2, 0.25) is 0 Å². The van der Waals surface area contributed by atoms with E-state index in [9.17, 15) is 9.90 Å². The molecule has 1 saturated carbocycles. The third kappa shape index (κ3) is 1.64. The first-order valence-corrected chi connectivity index (χ1v) is 6.19. The molecule has 2 unspecified atom stereocenters. The van der Waals surface area contributed by atoms with E-state index in [0.29, 0.717) is 5.78 Å². The van der Waals surface area contributed by atoms with Gasteiger partial charge in [-0.05, 0) is 17.9 Å². The van der Waals surface area contributed by atoms with E-state index in [4.69, 9.17) is 0 Å². The van der Waals surface area contributed by atoms with Crippen LogP contribution in [0.3, 0.4) is 0 Å². The van der Waals surface area contributed by atoms with Crippen LogP contribution < -0.4 is 0 Å². The fourth-order valence-electron chi connectivity index (χ4n) is 3.22. The molecule has 1 aromatic rings. The number of rotatable bonds is 2. The van der Waals surface area contributed by atoms with Gasteiger partial charge in [-0.2, -0.15) is 0 Å². The van der Waals surface area contributed by atoms with Crippen LogP contribution in [0.25, 0.3) is 0 Å². The molecular weight excluding hydrogens is 212 g/mol. The second-order valence-electron chi connectivity index (χ2n) is 5.03. The summed E-state index contributed by atoms with van der Waals surface area (Å²) in [5.41, 5.74) is 1.21. The summed E-state index contributed by atoms with van der Waals surface area (Å²) in [5.74, 6) is 0.698. The first-order valence-electron chi connectivity index (χ1n) is 6.19. The van der Waals surface area contributed by atoms with Gasteiger partial charge in [-0.1, -0.05) is 42.5 Å². The molecule has 2 aliphatic rings. The van der Waals surface area contributed by atoms with Crippen molar-refractivity contribution in [2.45, 2.75) is 12.3 Å². The fraction of sp³-hybridized carbons (Fsp3) is 0.400. The van der Waals surface area contributed by atoms with Crippen molar-refractivity contribution in [3.63, 3.8) is 0 Å². The van der Waals surface area contributed by atoms with Crippen molar-refractivity contribution in [2.24, 2.45) is 17.8 Å². The first-order chi connectivity index (χ1) is 8.31. The van der Waals surface area contributed by atoms with E-state index in [1.165, 1.54) is 5.56 Å². The van der Waals surface area contributed by atoms with E-state index >= 15 is 0 Å². The van der Waals surface area contributed by atoms with Gasteiger partial charge in [-0.3, -0.25) is 4.79 Å². The zero-order chi connectivity index (χ0) is 11.8. The molecule has 0 aliphatic heterocycles. The van der Waals surface area contributed by atoms with Crippen LogP contribution in [-0.4, -0.2) is 17.5 Å². The minimum atomic E-state index is -0.0371. The number of carbonyl (C=O) groups is 1. The second-order valence-corrected chi connectivity index (χ2v) is 5.03. The summed E-state index contributed by atoms with van der Waals surface area (Å²) in [5, 5.41) is 9.30. The van der Waals surface area contributed by atoms with E-state index in [-0.39, 0.29) is 30.3 Å². The molecular formula is C15H16O2. The lowest BCUT2D eigenvalue weighted by atomic mass is 9.80. The van der Waals surface area contributed by atoms with Gasteiger partial charge in [-0.25, -0.2) is 0 Å². The molecule has 1 fully saturated rings. The Morgan fingerprint density at radius 1 is 1.12 bits per heavy atom. The molecule has 1 aromatic carbocycles. The average molecular weight is 228 g/mol. The van der Waals surface area contributed by atoms with Gasteiger partial charge in [0.05, 0.1) is 0 Å². The molecule has 17 heavy (non-hydrogen) atoms. The van der Waals surface area contributed by atoms with Crippen LogP contribution in [0.5, 0.6) is 0 Å². The Morgan fingerprint density at radius 3 is 2.53 bits per heavy atom. The van der Waals surface area contributed by atoms with Gasteiger partial charge < -0.3 is 5.11 Å². The minimum Gasteiger partial charge on any atom is -0.396 e. The maximum atomic E-state index is 12.2. The Balaban J connectivity index is 1.94. The third-order valence-corrected chi connectivity index (χ3v) is 4.14. The van der Waals surface area contributed by atoms with E-state index in [1.807, 2.05) is 24.3 Å². The lowest BCUT2D eigenvalue weighted by Gasteiger charge is -2.23. The van der Waals surface area contributed by atoms with Gasteiger partial charge >= 0.3 is 0 Å². The quantitative estimate of drug-likeness (QED) is 0.787. The van der Waals surface area contributed by atoms with Crippen molar-refractivity contribution in [1.82, 2.24) is 0 Å².